The monoisotopic (exact) mass is 578 g/mol. The molecule has 3 rings (SSSR count). The van der Waals surface area contributed by atoms with Crippen LogP contribution in [0.2, 0.25) is 0 Å². The highest BCUT2D eigenvalue weighted by molar-refractivity contribution is 5.90. The summed E-state index contributed by atoms with van der Waals surface area (Å²) in [5.74, 6) is 0. The molecule has 0 aliphatic heterocycles. The minimum atomic E-state index is -0.409. The molecule has 0 radical (unpaired) electrons. The van der Waals surface area contributed by atoms with Crippen molar-refractivity contribution < 1.29 is 5.11 Å². The van der Waals surface area contributed by atoms with E-state index in [0.717, 1.165) is 19.6 Å². The Hall–Kier alpha value is -1.38. The van der Waals surface area contributed by atoms with Gasteiger partial charge in [-0.3, -0.25) is 0 Å². The first-order valence-electron chi connectivity index (χ1n) is 18.7. The Kier molecular flexibility index (Phi) is 18.5. The first kappa shape index (κ1) is 35.1. The molecule has 0 saturated carbocycles. The molecule has 1 aliphatic rings. The van der Waals surface area contributed by atoms with Crippen molar-refractivity contribution in [2.24, 2.45) is 0 Å². The van der Waals surface area contributed by atoms with Crippen LogP contribution in [0.25, 0.3) is 10.8 Å². The van der Waals surface area contributed by atoms with Gasteiger partial charge in [0, 0.05) is 6.54 Å². The van der Waals surface area contributed by atoms with Crippen molar-refractivity contribution >= 4 is 10.8 Å². The molecule has 0 bridgehead atoms. The van der Waals surface area contributed by atoms with Gasteiger partial charge in [0.05, 0.1) is 6.10 Å². The van der Waals surface area contributed by atoms with Crippen molar-refractivity contribution in [3.63, 3.8) is 0 Å². The van der Waals surface area contributed by atoms with E-state index in [9.17, 15) is 5.11 Å². The van der Waals surface area contributed by atoms with Gasteiger partial charge >= 0.3 is 0 Å². The lowest BCUT2D eigenvalue weighted by atomic mass is 9.84. The van der Waals surface area contributed by atoms with Gasteiger partial charge < -0.3 is 10.0 Å². The molecule has 42 heavy (non-hydrogen) atoms. The van der Waals surface area contributed by atoms with Crippen LogP contribution >= 0.6 is 0 Å². The normalized spacial score (nSPS) is 14.1. The molecule has 2 aromatic carbocycles. The molecule has 1 atom stereocenters. The quantitative estimate of drug-likeness (QED) is 0.119. The Labute approximate surface area is 261 Å². The van der Waals surface area contributed by atoms with Gasteiger partial charge in [-0.2, -0.15) is 0 Å². The molecule has 1 N–H and O–H groups in total. The van der Waals surface area contributed by atoms with Crippen molar-refractivity contribution in [2.45, 2.75) is 174 Å². The van der Waals surface area contributed by atoms with Gasteiger partial charge in [-0.1, -0.05) is 160 Å². The summed E-state index contributed by atoms with van der Waals surface area (Å²) < 4.78 is 0. The molecule has 1 aliphatic carbocycles. The molecule has 2 heteroatoms. The number of aryl methyl sites for hydroxylation is 2. The highest BCUT2D eigenvalue weighted by atomic mass is 16.3. The topological polar surface area (TPSA) is 23.5 Å². The number of aliphatic hydroxyl groups is 1. The molecule has 0 fully saturated rings. The lowest BCUT2D eigenvalue weighted by Crippen LogP contribution is -2.31. The first-order chi connectivity index (χ1) is 20.7. The van der Waals surface area contributed by atoms with E-state index in [1.54, 1.807) is 5.56 Å². The average Bonchev–Trinajstić information content (AvgIpc) is 3.02. The third-order valence-corrected chi connectivity index (χ3v) is 9.85. The Balaban J connectivity index is 1.48. The molecular weight excluding hydrogens is 510 g/mol. The smallest absolute Gasteiger partial charge is 0.0923 e. The first-order valence-corrected chi connectivity index (χ1v) is 18.7. The second-order valence-electron chi connectivity index (χ2n) is 13.5. The van der Waals surface area contributed by atoms with E-state index in [-0.39, 0.29) is 0 Å². The van der Waals surface area contributed by atoms with Crippen LogP contribution < -0.4 is 0 Å². The minimum Gasteiger partial charge on any atom is -0.387 e. The molecular formula is C40H67NO. The molecule has 0 spiro atoms. The number of hydrogen-bond donors (Lipinski definition) is 1. The maximum absolute atomic E-state index is 11.7. The lowest BCUT2D eigenvalue weighted by molar-refractivity contribution is 0.111. The summed E-state index contributed by atoms with van der Waals surface area (Å²) in [7, 11) is 0. The van der Waals surface area contributed by atoms with Crippen LogP contribution in [-0.2, 0) is 12.8 Å². The molecule has 0 aromatic heterocycles. The van der Waals surface area contributed by atoms with Crippen LogP contribution in [0.3, 0.4) is 0 Å². The standard InChI is InChI=1S/C40H67NO/c1-3-5-7-9-11-13-15-17-19-25-31-41(32-26-20-18-16-14-12-10-8-6-4-2)34-40(42)39-33-35-27-21-22-28-36(35)37-29-23-24-30-38(37)39/h23-24,29-30,33,40,42H,3-22,25-28,31-32,34H2,1-2H3/t40-/m0/s1. The number of rotatable bonds is 25. The SMILES string of the molecule is CCCCCCCCCCCCN(CCCCCCCCCCCC)C[C@H](O)c1cc2c(c3ccccc13)CCCC2. The van der Waals surface area contributed by atoms with Gasteiger partial charge in [0.1, 0.15) is 0 Å². The fourth-order valence-electron chi connectivity index (χ4n) is 7.22. The number of aliphatic hydroxyl groups excluding tert-OH is 1. The van der Waals surface area contributed by atoms with Crippen molar-refractivity contribution in [3.8, 4) is 0 Å². The van der Waals surface area contributed by atoms with E-state index in [1.165, 1.54) is 176 Å². The van der Waals surface area contributed by atoms with E-state index in [2.05, 4.69) is 49.1 Å². The van der Waals surface area contributed by atoms with Gasteiger partial charge in [-0.15, -0.1) is 0 Å². The zero-order chi connectivity index (χ0) is 29.7. The second kappa shape index (κ2) is 22.2. The Morgan fingerprint density at radius 2 is 1.05 bits per heavy atom. The van der Waals surface area contributed by atoms with Crippen molar-refractivity contribution in [2.75, 3.05) is 19.6 Å². The Bertz CT molecular complexity index is 928. The van der Waals surface area contributed by atoms with E-state index in [1.807, 2.05) is 0 Å². The maximum atomic E-state index is 11.7. The van der Waals surface area contributed by atoms with Crippen LogP contribution in [0, 0.1) is 0 Å². The second-order valence-corrected chi connectivity index (χ2v) is 13.5. The van der Waals surface area contributed by atoms with Crippen LogP contribution in [0.5, 0.6) is 0 Å². The van der Waals surface area contributed by atoms with Crippen LogP contribution in [0.4, 0.5) is 0 Å². The molecule has 238 valence electrons. The van der Waals surface area contributed by atoms with Crippen LogP contribution in [0.1, 0.15) is 178 Å². The Morgan fingerprint density at radius 3 is 1.57 bits per heavy atom. The largest absolute Gasteiger partial charge is 0.387 e. The molecule has 2 aromatic rings. The summed E-state index contributed by atoms with van der Waals surface area (Å²) in [5.41, 5.74) is 4.20. The van der Waals surface area contributed by atoms with Gasteiger partial charge in [0.15, 0.2) is 0 Å². The van der Waals surface area contributed by atoms with Gasteiger partial charge in [0.25, 0.3) is 0 Å². The van der Waals surface area contributed by atoms with Crippen molar-refractivity contribution in [1.82, 2.24) is 4.90 Å². The van der Waals surface area contributed by atoms with Gasteiger partial charge in [-0.25, -0.2) is 0 Å². The van der Waals surface area contributed by atoms with E-state index < -0.39 is 6.10 Å². The highest BCUT2D eigenvalue weighted by Crippen LogP contribution is 2.34. The zero-order valence-electron chi connectivity index (χ0n) is 28.0. The summed E-state index contributed by atoms with van der Waals surface area (Å²) >= 11 is 0. The molecule has 0 amide bonds. The number of benzene rings is 2. The van der Waals surface area contributed by atoms with Crippen molar-refractivity contribution in [1.29, 1.82) is 0 Å². The molecule has 0 unspecified atom stereocenters. The number of unbranched alkanes of at least 4 members (excludes halogenated alkanes) is 18. The molecule has 0 heterocycles. The fourth-order valence-corrected chi connectivity index (χ4v) is 7.22. The minimum absolute atomic E-state index is 0.409. The predicted octanol–water partition coefficient (Wildman–Crippen LogP) is 11.9. The van der Waals surface area contributed by atoms with Gasteiger partial charge in [-0.05, 0) is 79.1 Å². The fraction of sp³-hybridized carbons (Fsp3) is 0.750. The number of fused-ring (bicyclic) bond motifs is 3. The van der Waals surface area contributed by atoms with Crippen LogP contribution in [-0.4, -0.2) is 29.6 Å². The summed E-state index contributed by atoms with van der Waals surface area (Å²) in [6.07, 6.45) is 32.1. The third kappa shape index (κ3) is 13.1. The third-order valence-electron chi connectivity index (χ3n) is 9.85. The number of hydrogen-bond acceptors (Lipinski definition) is 2. The zero-order valence-corrected chi connectivity index (χ0v) is 28.0. The molecule has 2 nitrogen and oxygen atoms in total. The summed E-state index contributed by atoms with van der Waals surface area (Å²) in [5, 5.41) is 14.3. The summed E-state index contributed by atoms with van der Waals surface area (Å²) in [6, 6.07) is 11.2. The summed E-state index contributed by atoms with van der Waals surface area (Å²) in [6.45, 7) is 7.64. The summed E-state index contributed by atoms with van der Waals surface area (Å²) in [4.78, 5) is 2.61. The van der Waals surface area contributed by atoms with E-state index in [4.69, 9.17) is 0 Å². The average molecular weight is 578 g/mol. The van der Waals surface area contributed by atoms with Crippen molar-refractivity contribution in [3.05, 3.63) is 47.0 Å². The van der Waals surface area contributed by atoms with E-state index >= 15 is 0 Å². The van der Waals surface area contributed by atoms with Crippen LogP contribution in [0.15, 0.2) is 30.3 Å². The predicted molar refractivity (Wildman–Crippen MR) is 186 cm³/mol. The Morgan fingerprint density at radius 1 is 0.595 bits per heavy atom. The van der Waals surface area contributed by atoms with Gasteiger partial charge in [0.2, 0.25) is 0 Å². The lowest BCUT2D eigenvalue weighted by Gasteiger charge is -2.27. The molecule has 0 saturated heterocycles. The highest BCUT2D eigenvalue weighted by Gasteiger charge is 2.20. The maximum Gasteiger partial charge on any atom is 0.0923 e. The number of nitrogens with zero attached hydrogens (tertiary/aromatic N) is 1. The van der Waals surface area contributed by atoms with E-state index in [0.29, 0.717) is 0 Å².